The van der Waals surface area contributed by atoms with E-state index in [1.807, 2.05) is 23.0 Å². The Bertz CT molecular complexity index is 873. The van der Waals surface area contributed by atoms with Gasteiger partial charge in [0.25, 0.3) is 0 Å². The van der Waals surface area contributed by atoms with Crippen LogP contribution in [-0.2, 0) is 6.42 Å². The van der Waals surface area contributed by atoms with Gasteiger partial charge in [-0.05, 0) is 48.7 Å². The fraction of sp³-hybridized carbons (Fsp3) is 0.368. The smallest absolute Gasteiger partial charge is 0.165 e. The Morgan fingerprint density at radius 1 is 1.16 bits per heavy atom. The Morgan fingerprint density at radius 3 is 3.04 bits per heavy atom. The summed E-state index contributed by atoms with van der Waals surface area (Å²) >= 11 is 0. The molecule has 4 bridgehead atoms. The second kappa shape index (κ2) is 7.11. The van der Waals surface area contributed by atoms with Crippen LogP contribution in [-0.4, -0.2) is 40.8 Å². The van der Waals surface area contributed by atoms with Gasteiger partial charge in [0.2, 0.25) is 0 Å². The number of fused-ring (bicyclic) bond motifs is 4. The molecule has 4 rings (SSSR count). The van der Waals surface area contributed by atoms with Crippen molar-refractivity contribution in [1.82, 2.24) is 19.9 Å². The topological polar surface area (TPSA) is 63.5 Å². The summed E-state index contributed by atoms with van der Waals surface area (Å²) in [6.45, 7) is 5.55. The van der Waals surface area contributed by atoms with Crippen molar-refractivity contribution in [2.75, 3.05) is 31.6 Å². The molecule has 0 saturated heterocycles. The van der Waals surface area contributed by atoms with E-state index in [9.17, 15) is 0 Å². The third-order valence-corrected chi connectivity index (χ3v) is 4.50. The van der Waals surface area contributed by atoms with Gasteiger partial charge in [0, 0.05) is 24.8 Å². The van der Waals surface area contributed by atoms with Crippen LogP contribution in [0.3, 0.4) is 0 Å². The van der Waals surface area contributed by atoms with Crippen molar-refractivity contribution in [2.24, 2.45) is 0 Å². The Labute approximate surface area is 147 Å². The van der Waals surface area contributed by atoms with Gasteiger partial charge < -0.3 is 15.4 Å². The van der Waals surface area contributed by atoms with E-state index in [1.165, 1.54) is 5.56 Å². The first kappa shape index (κ1) is 15.9. The normalized spacial score (nSPS) is 15.2. The van der Waals surface area contributed by atoms with Crippen molar-refractivity contribution in [3.05, 3.63) is 42.2 Å². The van der Waals surface area contributed by atoms with Gasteiger partial charge in [-0.25, -0.2) is 9.50 Å². The average Bonchev–Trinajstić information content (AvgIpc) is 3.06. The number of hydrogen-bond donors (Lipinski definition) is 2. The van der Waals surface area contributed by atoms with E-state index in [-0.39, 0.29) is 0 Å². The second-order valence-corrected chi connectivity index (χ2v) is 6.19. The molecule has 2 aromatic heterocycles. The van der Waals surface area contributed by atoms with Gasteiger partial charge in [-0.15, -0.1) is 0 Å². The van der Waals surface area contributed by atoms with Crippen LogP contribution in [0.25, 0.3) is 16.8 Å². The number of nitrogens with zero attached hydrogens (tertiary/aromatic N) is 3. The van der Waals surface area contributed by atoms with Crippen molar-refractivity contribution in [1.29, 1.82) is 0 Å². The van der Waals surface area contributed by atoms with E-state index in [0.29, 0.717) is 6.61 Å². The van der Waals surface area contributed by atoms with Gasteiger partial charge in [0.15, 0.2) is 5.65 Å². The maximum absolute atomic E-state index is 5.95. The maximum Gasteiger partial charge on any atom is 0.165 e. The number of nitrogens with one attached hydrogen (secondary N) is 2. The van der Waals surface area contributed by atoms with E-state index in [2.05, 4.69) is 40.9 Å². The van der Waals surface area contributed by atoms with Crippen molar-refractivity contribution in [2.45, 2.75) is 19.8 Å². The summed E-state index contributed by atoms with van der Waals surface area (Å²) in [6.07, 6.45) is 5.78. The number of aromatic nitrogens is 3. The fourth-order valence-corrected chi connectivity index (χ4v) is 3.15. The lowest BCUT2D eigenvalue weighted by molar-refractivity contribution is 0.308. The van der Waals surface area contributed by atoms with Gasteiger partial charge in [-0.3, -0.25) is 0 Å². The lowest BCUT2D eigenvalue weighted by atomic mass is 10.00. The first-order valence-electron chi connectivity index (χ1n) is 8.90. The molecule has 0 fully saturated rings. The molecule has 130 valence electrons. The molecule has 6 nitrogen and oxygen atoms in total. The van der Waals surface area contributed by atoms with Crippen LogP contribution in [0.1, 0.15) is 18.9 Å². The molecule has 3 heterocycles. The van der Waals surface area contributed by atoms with E-state index >= 15 is 0 Å². The summed E-state index contributed by atoms with van der Waals surface area (Å²) in [4.78, 5) is 4.78. The molecule has 1 aliphatic heterocycles. The highest BCUT2D eigenvalue weighted by atomic mass is 16.5. The van der Waals surface area contributed by atoms with Crippen LogP contribution in [0.5, 0.6) is 5.75 Å². The van der Waals surface area contributed by atoms with Gasteiger partial charge in [-0.2, -0.15) is 5.10 Å². The molecule has 0 atom stereocenters. The highest BCUT2D eigenvalue weighted by Crippen LogP contribution is 2.31. The van der Waals surface area contributed by atoms with Crippen LogP contribution in [0, 0.1) is 0 Å². The van der Waals surface area contributed by atoms with Crippen molar-refractivity contribution < 1.29 is 4.74 Å². The number of ether oxygens (including phenoxy) is 1. The zero-order valence-corrected chi connectivity index (χ0v) is 14.5. The van der Waals surface area contributed by atoms with E-state index < -0.39 is 0 Å². The largest absolute Gasteiger partial charge is 0.494 e. The van der Waals surface area contributed by atoms with Gasteiger partial charge in [-0.1, -0.05) is 13.0 Å². The van der Waals surface area contributed by atoms with Crippen LogP contribution in [0.4, 0.5) is 5.82 Å². The highest BCUT2D eigenvalue weighted by molar-refractivity contribution is 5.80. The van der Waals surface area contributed by atoms with Gasteiger partial charge in [0.05, 0.1) is 12.8 Å². The number of aryl methyl sites for hydroxylation is 1. The quantitative estimate of drug-likeness (QED) is 0.715. The summed E-state index contributed by atoms with van der Waals surface area (Å²) in [7, 11) is 0. The molecule has 0 radical (unpaired) electrons. The third kappa shape index (κ3) is 3.30. The summed E-state index contributed by atoms with van der Waals surface area (Å²) in [5.74, 6) is 1.77. The summed E-state index contributed by atoms with van der Waals surface area (Å²) in [6, 6.07) is 8.28. The monoisotopic (exact) mass is 337 g/mol. The van der Waals surface area contributed by atoms with Gasteiger partial charge >= 0.3 is 0 Å². The zero-order valence-electron chi connectivity index (χ0n) is 14.5. The van der Waals surface area contributed by atoms with Crippen LogP contribution in [0.15, 0.2) is 36.7 Å². The highest BCUT2D eigenvalue weighted by Gasteiger charge is 2.13. The van der Waals surface area contributed by atoms with E-state index in [1.54, 1.807) is 0 Å². The van der Waals surface area contributed by atoms with E-state index in [0.717, 1.165) is 60.8 Å². The zero-order chi connectivity index (χ0) is 17.1. The fourth-order valence-electron chi connectivity index (χ4n) is 3.15. The molecule has 2 N–H and O–H groups in total. The summed E-state index contributed by atoms with van der Waals surface area (Å²) in [5, 5.41) is 11.3. The van der Waals surface area contributed by atoms with Crippen molar-refractivity contribution in [3.8, 4) is 16.9 Å². The van der Waals surface area contributed by atoms with Crippen molar-refractivity contribution in [3.63, 3.8) is 0 Å². The molecule has 0 aliphatic carbocycles. The number of benzene rings is 1. The average molecular weight is 337 g/mol. The Morgan fingerprint density at radius 2 is 2.12 bits per heavy atom. The second-order valence-electron chi connectivity index (χ2n) is 6.19. The standard InChI is InChI=1S/C19H23N5O/c1-2-14-4-5-15-12-16(14)17-13-22-24-10-6-18(23-19(17)24)21-9-8-20-7-3-11-25-15/h4-6,10,12-13,20H,2-3,7-9,11H2,1H3,(H,21,23). The summed E-state index contributed by atoms with van der Waals surface area (Å²) < 4.78 is 7.77. The Balaban J connectivity index is 1.84. The van der Waals surface area contributed by atoms with Crippen molar-refractivity contribution >= 4 is 11.5 Å². The predicted octanol–water partition coefficient (Wildman–Crippen LogP) is 2.74. The van der Waals surface area contributed by atoms with Gasteiger partial charge in [0.1, 0.15) is 11.6 Å². The van der Waals surface area contributed by atoms with E-state index in [4.69, 9.17) is 9.72 Å². The number of anilines is 1. The molecule has 1 aliphatic rings. The molecule has 25 heavy (non-hydrogen) atoms. The first-order chi connectivity index (χ1) is 12.3. The minimum absolute atomic E-state index is 0.709. The summed E-state index contributed by atoms with van der Waals surface area (Å²) in [5.41, 5.74) is 4.32. The molecule has 0 amide bonds. The lowest BCUT2D eigenvalue weighted by Gasteiger charge is -2.11. The molecule has 0 saturated carbocycles. The van der Waals surface area contributed by atoms with Crippen LogP contribution in [0.2, 0.25) is 0 Å². The lowest BCUT2D eigenvalue weighted by Crippen LogP contribution is -2.24. The Kier molecular flexibility index (Phi) is 4.52. The number of rotatable bonds is 1. The molecule has 0 unspecified atom stereocenters. The predicted molar refractivity (Wildman–Crippen MR) is 99.3 cm³/mol. The first-order valence-corrected chi connectivity index (χ1v) is 8.90. The molecular formula is C19H23N5O. The maximum atomic E-state index is 5.95. The molecule has 3 aromatic rings. The minimum atomic E-state index is 0.709. The van der Waals surface area contributed by atoms with Crippen LogP contribution >= 0.6 is 0 Å². The van der Waals surface area contributed by atoms with Crippen LogP contribution < -0.4 is 15.4 Å². The molecule has 1 aromatic carbocycles. The minimum Gasteiger partial charge on any atom is -0.494 e. The molecule has 0 spiro atoms. The SMILES string of the molecule is CCc1ccc2cc1-c1cnn3ccc(nc13)NCCNCCCO2. The Hall–Kier alpha value is -2.60. The third-order valence-electron chi connectivity index (χ3n) is 4.50. The molecular weight excluding hydrogens is 314 g/mol. The number of hydrogen-bond acceptors (Lipinski definition) is 5. The molecule has 6 heteroatoms.